The number of methoxy groups -OCH3 is 1. The summed E-state index contributed by atoms with van der Waals surface area (Å²) < 4.78 is 37.5. The van der Waals surface area contributed by atoms with E-state index < -0.39 is 21.5 Å². The van der Waals surface area contributed by atoms with Crippen LogP contribution in [0.5, 0.6) is 5.75 Å². The molecule has 0 aliphatic rings. The second-order valence-corrected chi connectivity index (χ2v) is 12.0. The molecule has 0 atom stereocenters. The van der Waals surface area contributed by atoms with E-state index in [2.05, 4.69) is 15.0 Å². The molecule has 0 unspecified atom stereocenters. The van der Waals surface area contributed by atoms with Crippen molar-refractivity contribution in [3.05, 3.63) is 36.2 Å². The second-order valence-electron chi connectivity index (χ2n) is 8.81. The fourth-order valence-electron chi connectivity index (χ4n) is 3.34. The van der Waals surface area contributed by atoms with Crippen molar-refractivity contribution in [1.82, 2.24) is 19.5 Å². The molecule has 0 aliphatic carbocycles. The molecule has 4 rings (SSSR count). The number of thiazole rings is 1. The molecule has 180 valence electrons. The van der Waals surface area contributed by atoms with Crippen LogP contribution in [-0.4, -0.2) is 53.0 Å². The van der Waals surface area contributed by atoms with Gasteiger partial charge in [0.1, 0.15) is 21.6 Å². The lowest BCUT2D eigenvalue weighted by atomic mass is 10.2. The molecule has 34 heavy (non-hydrogen) atoms. The average molecular weight is 504 g/mol. The Bertz CT molecular complexity index is 1480. The Morgan fingerprint density at radius 1 is 1.18 bits per heavy atom. The molecule has 10 nitrogen and oxygen atoms in total. The van der Waals surface area contributed by atoms with Gasteiger partial charge >= 0.3 is 6.09 Å². The first-order valence-electron chi connectivity index (χ1n) is 10.3. The number of aromatic nitrogens is 4. The van der Waals surface area contributed by atoms with Gasteiger partial charge in [0.15, 0.2) is 11.5 Å². The minimum atomic E-state index is -3.54. The highest BCUT2D eigenvalue weighted by molar-refractivity contribution is 7.92. The molecule has 0 saturated carbocycles. The highest BCUT2D eigenvalue weighted by atomic mass is 32.2. The Kier molecular flexibility index (Phi) is 5.98. The molecular weight excluding hydrogens is 478 g/mol. The molecule has 1 amide bonds. The van der Waals surface area contributed by atoms with Crippen LogP contribution in [0, 0.1) is 0 Å². The number of aryl methyl sites for hydroxylation is 1. The van der Waals surface area contributed by atoms with Crippen LogP contribution in [0.3, 0.4) is 0 Å². The summed E-state index contributed by atoms with van der Waals surface area (Å²) in [7, 11) is -0.165. The van der Waals surface area contributed by atoms with Crippen molar-refractivity contribution < 1.29 is 22.7 Å². The number of amides is 1. The molecule has 0 spiro atoms. The number of fused-ring (bicyclic) bond motifs is 3. The number of sulfone groups is 1. The maximum atomic E-state index is 13.3. The summed E-state index contributed by atoms with van der Waals surface area (Å²) >= 11 is 1.03. The van der Waals surface area contributed by atoms with E-state index in [1.54, 1.807) is 58.0 Å². The van der Waals surface area contributed by atoms with E-state index in [0.717, 1.165) is 23.2 Å². The minimum absolute atomic E-state index is 0.0476. The van der Waals surface area contributed by atoms with Crippen LogP contribution in [0.4, 0.5) is 10.6 Å². The Labute approximate surface area is 201 Å². The third-order valence-corrected chi connectivity index (χ3v) is 7.58. The highest BCUT2D eigenvalue weighted by Gasteiger charge is 2.29. The first-order chi connectivity index (χ1) is 15.9. The van der Waals surface area contributed by atoms with Gasteiger partial charge in [0.2, 0.25) is 14.2 Å². The fourth-order valence-corrected chi connectivity index (χ4v) is 5.28. The summed E-state index contributed by atoms with van der Waals surface area (Å²) in [6, 6.07) is 7.28. The number of hydrogen-bond donors (Lipinski definition) is 0. The second kappa shape index (κ2) is 8.51. The lowest BCUT2D eigenvalue weighted by molar-refractivity contribution is 0.0576. The number of carbonyl (C=O) groups excluding carboxylic acids is 1. The Balaban J connectivity index is 1.92. The van der Waals surface area contributed by atoms with Gasteiger partial charge in [-0.3, -0.25) is 4.90 Å². The molecule has 0 saturated heterocycles. The highest BCUT2D eigenvalue weighted by Crippen LogP contribution is 2.36. The molecular formula is C22H25N5O5S2. The zero-order chi connectivity index (χ0) is 24.8. The van der Waals surface area contributed by atoms with Crippen molar-refractivity contribution in [2.75, 3.05) is 18.3 Å². The van der Waals surface area contributed by atoms with Gasteiger partial charge in [0.05, 0.1) is 25.5 Å². The zero-order valence-electron chi connectivity index (χ0n) is 19.7. The number of ether oxygens (including phenoxy) is 2. The number of hydrogen-bond acceptors (Lipinski definition) is 9. The van der Waals surface area contributed by atoms with Gasteiger partial charge in [-0.2, -0.15) is 0 Å². The summed E-state index contributed by atoms with van der Waals surface area (Å²) in [6.45, 7) is 5.49. The lowest BCUT2D eigenvalue weighted by Gasteiger charge is -2.27. The number of carbonyl (C=O) groups is 1. The quantitative estimate of drug-likeness (QED) is 0.402. The molecule has 1 aromatic carbocycles. The van der Waals surface area contributed by atoms with Gasteiger partial charge in [-0.05, 0) is 38.5 Å². The van der Waals surface area contributed by atoms with Crippen LogP contribution < -0.4 is 9.64 Å². The topological polar surface area (TPSA) is 117 Å². The molecule has 4 aromatic rings. The summed E-state index contributed by atoms with van der Waals surface area (Å²) in [5.41, 5.74) is 1.37. The maximum absolute atomic E-state index is 13.3. The molecule has 0 radical (unpaired) electrons. The van der Waals surface area contributed by atoms with Gasteiger partial charge in [0, 0.05) is 13.3 Å². The SMILES string of the molecule is COc1ccc(CN(C(=O)OC(C)(C)C)c2nc3nc(S(C)(=O)=O)sc3c3c2ncn3C)cc1. The third kappa shape index (κ3) is 4.68. The normalized spacial score (nSPS) is 12.3. The van der Waals surface area contributed by atoms with Gasteiger partial charge in [-0.25, -0.2) is 28.2 Å². The van der Waals surface area contributed by atoms with Crippen molar-refractivity contribution in [2.45, 2.75) is 37.3 Å². The zero-order valence-corrected chi connectivity index (χ0v) is 21.3. The van der Waals surface area contributed by atoms with E-state index in [-0.39, 0.29) is 22.3 Å². The largest absolute Gasteiger partial charge is 0.497 e. The lowest BCUT2D eigenvalue weighted by Crippen LogP contribution is -2.37. The smallest absolute Gasteiger partial charge is 0.416 e. The summed E-state index contributed by atoms with van der Waals surface area (Å²) in [4.78, 5) is 28.0. The molecule has 0 bridgehead atoms. The van der Waals surface area contributed by atoms with Crippen LogP contribution in [0.2, 0.25) is 0 Å². The van der Waals surface area contributed by atoms with E-state index in [4.69, 9.17) is 9.47 Å². The fraction of sp³-hybridized carbons (Fsp3) is 0.364. The maximum Gasteiger partial charge on any atom is 0.416 e. The predicted molar refractivity (Wildman–Crippen MR) is 130 cm³/mol. The Hall–Kier alpha value is -3.25. The van der Waals surface area contributed by atoms with Gasteiger partial charge in [-0.1, -0.05) is 23.5 Å². The number of anilines is 1. The van der Waals surface area contributed by atoms with E-state index in [9.17, 15) is 13.2 Å². The van der Waals surface area contributed by atoms with Crippen LogP contribution in [0.25, 0.3) is 21.4 Å². The van der Waals surface area contributed by atoms with E-state index in [1.165, 1.54) is 4.90 Å². The van der Waals surface area contributed by atoms with Crippen molar-refractivity contribution in [3.8, 4) is 5.75 Å². The number of nitrogens with zero attached hydrogens (tertiary/aromatic N) is 5. The first-order valence-corrected chi connectivity index (χ1v) is 13.0. The number of rotatable bonds is 5. The van der Waals surface area contributed by atoms with Gasteiger partial charge in [0.25, 0.3) is 0 Å². The minimum Gasteiger partial charge on any atom is -0.497 e. The van der Waals surface area contributed by atoms with Crippen molar-refractivity contribution in [1.29, 1.82) is 0 Å². The molecule has 3 aromatic heterocycles. The van der Waals surface area contributed by atoms with E-state index in [1.807, 2.05) is 12.1 Å². The monoisotopic (exact) mass is 503 g/mol. The van der Waals surface area contributed by atoms with E-state index in [0.29, 0.717) is 21.5 Å². The molecule has 0 fully saturated rings. The van der Waals surface area contributed by atoms with Crippen molar-refractivity contribution >= 4 is 54.5 Å². The van der Waals surface area contributed by atoms with E-state index >= 15 is 0 Å². The predicted octanol–water partition coefficient (Wildman–Crippen LogP) is 3.93. The first kappa shape index (κ1) is 23.9. The van der Waals surface area contributed by atoms with Crippen LogP contribution in [-0.2, 0) is 28.2 Å². The summed E-state index contributed by atoms with van der Waals surface area (Å²) in [6.07, 6.45) is 2.08. The van der Waals surface area contributed by atoms with Crippen LogP contribution in [0.1, 0.15) is 26.3 Å². The average Bonchev–Trinajstić information content (AvgIpc) is 3.34. The van der Waals surface area contributed by atoms with Gasteiger partial charge < -0.3 is 14.0 Å². The van der Waals surface area contributed by atoms with Crippen molar-refractivity contribution in [3.63, 3.8) is 0 Å². The molecule has 3 heterocycles. The standard InChI is InChI=1S/C22H25N5O5S2/c1-22(2,3)32-21(28)27(11-13-7-9-14(31-5)10-8-13)19-15-16(26(4)12-23-15)17-18(24-19)25-20(33-17)34(6,29)30/h7-10,12H,11H2,1-6H3. The number of benzene rings is 1. The number of pyridine rings is 1. The Morgan fingerprint density at radius 3 is 2.44 bits per heavy atom. The van der Waals surface area contributed by atoms with Gasteiger partial charge in [-0.15, -0.1) is 0 Å². The Morgan fingerprint density at radius 2 is 1.85 bits per heavy atom. The number of imidazole rings is 1. The molecule has 12 heteroatoms. The van der Waals surface area contributed by atoms with Crippen molar-refractivity contribution in [2.24, 2.45) is 7.05 Å². The summed E-state index contributed by atoms with van der Waals surface area (Å²) in [5, 5.41) is 0. The third-order valence-electron chi connectivity index (χ3n) is 4.85. The summed E-state index contributed by atoms with van der Waals surface area (Å²) in [5.74, 6) is 0.925. The van der Waals surface area contributed by atoms with Crippen LogP contribution >= 0.6 is 11.3 Å². The van der Waals surface area contributed by atoms with Crippen LogP contribution in [0.15, 0.2) is 34.9 Å². The molecule has 0 aliphatic heterocycles. The molecule has 0 N–H and O–H groups in total.